The molecule has 0 aromatic carbocycles. The van der Waals surface area contributed by atoms with Crippen LogP contribution in [0.5, 0.6) is 0 Å². The van der Waals surface area contributed by atoms with Gasteiger partial charge in [-0.25, -0.2) is 0 Å². The molecule has 0 aromatic rings. The van der Waals surface area contributed by atoms with Crippen LogP contribution in [0.1, 0.15) is 39.5 Å². The Morgan fingerprint density at radius 1 is 1.28 bits per heavy atom. The van der Waals surface area contributed by atoms with Crippen molar-refractivity contribution >= 4 is 0 Å². The minimum atomic E-state index is 0.694. The molecule has 1 aliphatic heterocycles. The summed E-state index contributed by atoms with van der Waals surface area (Å²) in [7, 11) is 2.24. The monoisotopic (exact) mass is 254 g/mol. The second kappa shape index (κ2) is 6.88. The molecular formula is C15H30N2O. The van der Waals surface area contributed by atoms with E-state index in [1.54, 1.807) is 0 Å². The van der Waals surface area contributed by atoms with Gasteiger partial charge in [0.15, 0.2) is 0 Å². The summed E-state index contributed by atoms with van der Waals surface area (Å²) in [6.45, 7) is 8.96. The predicted molar refractivity (Wildman–Crippen MR) is 75.8 cm³/mol. The van der Waals surface area contributed by atoms with Crippen LogP contribution in [0.3, 0.4) is 0 Å². The van der Waals surface area contributed by atoms with Crippen molar-refractivity contribution in [2.45, 2.75) is 51.6 Å². The van der Waals surface area contributed by atoms with Crippen molar-refractivity contribution in [2.75, 3.05) is 33.4 Å². The number of likely N-dealkylation sites (tertiary alicyclic amines) is 1. The maximum Gasteiger partial charge on any atom is 0.0494 e. The van der Waals surface area contributed by atoms with Crippen LogP contribution in [-0.4, -0.2) is 50.3 Å². The maximum absolute atomic E-state index is 5.66. The number of piperidine rings is 1. The molecule has 0 aromatic heterocycles. The van der Waals surface area contributed by atoms with Crippen LogP contribution in [-0.2, 0) is 4.74 Å². The highest BCUT2D eigenvalue weighted by Gasteiger charge is 2.28. The molecule has 0 spiro atoms. The van der Waals surface area contributed by atoms with Gasteiger partial charge in [-0.05, 0) is 58.0 Å². The van der Waals surface area contributed by atoms with Gasteiger partial charge < -0.3 is 15.0 Å². The summed E-state index contributed by atoms with van der Waals surface area (Å²) >= 11 is 0. The van der Waals surface area contributed by atoms with Crippen LogP contribution in [0.4, 0.5) is 0 Å². The Bertz CT molecular complexity index is 243. The molecule has 1 heterocycles. The number of nitrogens with zero attached hydrogens (tertiary/aromatic N) is 1. The largest absolute Gasteiger partial charge is 0.381 e. The zero-order valence-corrected chi connectivity index (χ0v) is 12.3. The third-order valence-electron chi connectivity index (χ3n) is 4.53. The van der Waals surface area contributed by atoms with Crippen molar-refractivity contribution in [3.63, 3.8) is 0 Å². The molecule has 3 unspecified atom stereocenters. The van der Waals surface area contributed by atoms with E-state index in [2.05, 4.69) is 31.1 Å². The number of ether oxygens (including phenoxy) is 1. The Hall–Kier alpha value is -0.120. The van der Waals surface area contributed by atoms with Gasteiger partial charge in [-0.2, -0.15) is 0 Å². The van der Waals surface area contributed by atoms with E-state index in [4.69, 9.17) is 4.74 Å². The van der Waals surface area contributed by atoms with Crippen LogP contribution >= 0.6 is 0 Å². The van der Waals surface area contributed by atoms with Crippen LogP contribution in [0.25, 0.3) is 0 Å². The highest BCUT2D eigenvalue weighted by Crippen LogP contribution is 2.28. The van der Waals surface area contributed by atoms with Gasteiger partial charge >= 0.3 is 0 Å². The van der Waals surface area contributed by atoms with Gasteiger partial charge in [-0.1, -0.05) is 6.92 Å². The summed E-state index contributed by atoms with van der Waals surface area (Å²) < 4.78 is 5.66. The van der Waals surface area contributed by atoms with E-state index in [0.29, 0.717) is 12.1 Å². The molecule has 18 heavy (non-hydrogen) atoms. The Kier molecular flexibility index (Phi) is 5.46. The van der Waals surface area contributed by atoms with Crippen molar-refractivity contribution in [3.05, 3.63) is 0 Å². The number of hydrogen-bond donors (Lipinski definition) is 1. The van der Waals surface area contributed by atoms with Gasteiger partial charge in [-0.3, -0.25) is 0 Å². The van der Waals surface area contributed by atoms with E-state index in [9.17, 15) is 0 Å². The molecule has 106 valence electrons. The second-order valence-electron chi connectivity index (χ2n) is 6.43. The second-order valence-corrected chi connectivity index (χ2v) is 6.43. The topological polar surface area (TPSA) is 24.5 Å². The summed E-state index contributed by atoms with van der Waals surface area (Å²) in [5.41, 5.74) is 0. The quantitative estimate of drug-likeness (QED) is 0.704. The normalized spacial score (nSPS) is 33.8. The average Bonchev–Trinajstić information content (AvgIpc) is 3.13. The maximum atomic E-state index is 5.66. The van der Waals surface area contributed by atoms with E-state index in [1.165, 1.54) is 25.8 Å². The molecule has 0 amide bonds. The SMILES string of the molecule is CC1CN(C)C(C)CC1NCCCOCC1CC1. The summed E-state index contributed by atoms with van der Waals surface area (Å²) in [5, 5.41) is 3.72. The van der Waals surface area contributed by atoms with E-state index in [1.807, 2.05) is 0 Å². The number of rotatable bonds is 7. The van der Waals surface area contributed by atoms with Gasteiger partial charge in [0.25, 0.3) is 0 Å². The van der Waals surface area contributed by atoms with Crippen molar-refractivity contribution in [3.8, 4) is 0 Å². The minimum absolute atomic E-state index is 0.694. The molecule has 0 radical (unpaired) electrons. The van der Waals surface area contributed by atoms with E-state index < -0.39 is 0 Å². The third-order valence-corrected chi connectivity index (χ3v) is 4.53. The Balaban J connectivity index is 1.52. The van der Waals surface area contributed by atoms with Gasteiger partial charge in [0.05, 0.1) is 0 Å². The molecule has 2 aliphatic rings. The molecule has 2 fully saturated rings. The molecule has 1 saturated carbocycles. The molecule has 1 aliphatic carbocycles. The molecule has 3 heteroatoms. The molecule has 2 rings (SSSR count). The Morgan fingerprint density at radius 2 is 2.06 bits per heavy atom. The van der Waals surface area contributed by atoms with E-state index in [0.717, 1.165) is 38.0 Å². The van der Waals surface area contributed by atoms with Crippen molar-refractivity contribution in [2.24, 2.45) is 11.8 Å². The lowest BCUT2D eigenvalue weighted by Crippen LogP contribution is -2.51. The van der Waals surface area contributed by atoms with Crippen molar-refractivity contribution < 1.29 is 4.74 Å². The Morgan fingerprint density at radius 3 is 2.78 bits per heavy atom. The van der Waals surface area contributed by atoms with Crippen LogP contribution in [0.2, 0.25) is 0 Å². The Labute approximate surface area is 112 Å². The molecule has 3 nitrogen and oxygen atoms in total. The molecule has 0 bridgehead atoms. The van der Waals surface area contributed by atoms with Gasteiger partial charge in [0.2, 0.25) is 0 Å². The summed E-state index contributed by atoms with van der Waals surface area (Å²) in [6, 6.07) is 1.41. The lowest BCUT2D eigenvalue weighted by molar-refractivity contribution is 0.108. The smallest absolute Gasteiger partial charge is 0.0494 e. The lowest BCUT2D eigenvalue weighted by atomic mass is 9.90. The third kappa shape index (κ3) is 4.52. The zero-order chi connectivity index (χ0) is 13.0. The fourth-order valence-electron chi connectivity index (χ4n) is 2.82. The first-order valence-corrected chi connectivity index (χ1v) is 7.68. The minimum Gasteiger partial charge on any atom is -0.381 e. The van der Waals surface area contributed by atoms with Crippen LogP contribution in [0.15, 0.2) is 0 Å². The van der Waals surface area contributed by atoms with Crippen molar-refractivity contribution in [1.82, 2.24) is 10.2 Å². The first-order chi connectivity index (χ1) is 8.66. The van der Waals surface area contributed by atoms with E-state index in [-0.39, 0.29) is 0 Å². The van der Waals surface area contributed by atoms with Gasteiger partial charge in [-0.15, -0.1) is 0 Å². The highest BCUT2D eigenvalue weighted by atomic mass is 16.5. The number of hydrogen-bond acceptors (Lipinski definition) is 3. The average molecular weight is 254 g/mol. The molecule has 3 atom stereocenters. The fourth-order valence-corrected chi connectivity index (χ4v) is 2.82. The summed E-state index contributed by atoms with van der Waals surface area (Å²) in [4.78, 5) is 2.47. The summed E-state index contributed by atoms with van der Waals surface area (Å²) in [6.07, 6.45) is 5.22. The molecule has 1 saturated heterocycles. The van der Waals surface area contributed by atoms with Crippen molar-refractivity contribution in [1.29, 1.82) is 0 Å². The standard InChI is InChI=1S/C15H30N2O/c1-12-10-17(3)13(2)9-15(12)16-7-4-8-18-11-14-5-6-14/h12-16H,4-11H2,1-3H3. The zero-order valence-electron chi connectivity index (χ0n) is 12.3. The molecule has 1 N–H and O–H groups in total. The predicted octanol–water partition coefficient (Wildman–Crippen LogP) is 2.12. The fraction of sp³-hybridized carbons (Fsp3) is 1.00. The number of nitrogens with one attached hydrogen (secondary N) is 1. The summed E-state index contributed by atoms with van der Waals surface area (Å²) in [5.74, 6) is 1.66. The van der Waals surface area contributed by atoms with Gasteiger partial charge in [0, 0.05) is 31.8 Å². The van der Waals surface area contributed by atoms with E-state index >= 15 is 0 Å². The lowest BCUT2D eigenvalue weighted by Gasteiger charge is -2.40. The van der Waals surface area contributed by atoms with Crippen LogP contribution in [0, 0.1) is 11.8 Å². The molecular weight excluding hydrogens is 224 g/mol. The highest BCUT2D eigenvalue weighted by molar-refractivity contribution is 4.85. The van der Waals surface area contributed by atoms with Crippen LogP contribution < -0.4 is 5.32 Å². The van der Waals surface area contributed by atoms with Gasteiger partial charge in [0.1, 0.15) is 0 Å². The first kappa shape index (κ1) is 14.3. The first-order valence-electron chi connectivity index (χ1n) is 7.68.